The molecule has 0 spiro atoms. The quantitative estimate of drug-likeness (QED) is 0.356. The molecule has 0 fully saturated rings. The van der Waals surface area contributed by atoms with Gasteiger partial charge in [-0.2, -0.15) is 5.10 Å². The molecule has 3 aromatic rings. The standard InChI is InChI=1S/C20H17FN4O4/c21-16-7-5-15(19(13-16)25(27)28)6-8-20(26)23-17-3-1-4-18(14-17)29-12-11-24-10-2-9-22-24/h1-10,13-14H,11-12H2,(H,23,26). The summed E-state index contributed by atoms with van der Waals surface area (Å²) >= 11 is 0. The summed E-state index contributed by atoms with van der Waals surface area (Å²) in [6, 6.07) is 11.8. The number of nitrogens with one attached hydrogen (secondary N) is 1. The summed E-state index contributed by atoms with van der Waals surface area (Å²) in [5.74, 6) is -0.631. The van der Waals surface area contributed by atoms with Crippen LogP contribution in [0, 0.1) is 15.9 Å². The number of carbonyl (C=O) groups is 1. The number of nitro benzene ring substituents is 1. The van der Waals surface area contributed by atoms with Crippen LogP contribution in [0.2, 0.25) is 0 Å². The van der Waals surface area contributed by atoms with E-state index in [4.69, 9.17) is 4.74 Å². The lowest BCUT2D eigenvalue weighted by Crippen LogP contribution is -2.10. The van der Waals surface area contributed by atoms with Crippen LogP contribution in [0.15, 0.2) is 67.0 Å². The molecule has 1 N–H and O–H groups in total. The summed E-state index contributed by atoms with van der Waals surface area (Å²) in [5.41, 5.74) is 0.216. The van der Waals surface area contributed by atoms with Gasteiger partial charge < -0.3 is 10.1 Å². The Morgan fingerprint density at radius 1 is 1.28 bits per heavy atom. The summed E-state index contributed by atoms with van der Waals surface area (Å²) in [4.78, 5) is 22.4. The molecule has 3 rings (SSSR count). The number of halogens is 1. The molecule has 0 aliphatic rings. The molecule has 1 heterocycles. The Morgan fingerprint density at radius 2 is 2.14 bits per heavy atom. The predicted molar refractivity (Wildman–Crippen MR) is 105 cm³/mol. The summed E-state index contributed by atoms with van der Waals surface area (Å²) < 4.78 is 20.6. The molecule has 0 atom stereocenters. The highest BCUT2D eigenvalue weighted by atomic mass is 19.1. The average Bonchev–Trinajstić information content (AvgIpc) is 3.21. The first kappa shape index (κ1) is 19.7. The Morgan fingerprint density at radius 3 is 2.90 bits per heavy atom. The number of hydrogen-bond donors (Lipinski definition) is 1. The topological polar surface area (TPSA) is 99.3 Å². The molecular formula is C20H17FN4O4. The Hall–Kier alpha value is -4.01. The van der Waals surface area contributed by atoms with Crippen molar-refractivity contribution in [3.8, 4) is 5.75 Å². The van der Waals surface area contributed by atoms with E-state index in [-0.39, 0.29) is 5.56 Å². The average molecular weight is 396 g/mol. The molecule has 0 bridgehead atoms. The van der Waals surface area contributed by atoms with Gasteiger partial charge in [-0.15, -0.1) is 0 Å². The minimum atomic E-state index is -0.720. The lowest BCUT2D eigenvalue weighted by Gasteiger charge is -2.08. The first-order chi connectivity index (χ1) is 14.0. The van der Waals surface area contributed by atoms with Crippen molar-refractivity contribution in [2.75, 3.05) is 11.9 Å². The van der Waals surface area contributed by atoms with Crippen molar-refractivity contribution in [3.63, 3.8) is 0 Å². The zero-order valence-corrected chi connectivity index (χ0v) is 15.2. The maximum absolute atomic E-state index is 13.2. The fourth-order valence-corrected chi connectivity index (χ4v) is 2.52. The monoisotopic (exact) mass is 396 g/mol. The minimum Gasteiger partial charge on any atom is -0.492 e. The molecule has 8 nitrogen and oxygen atoms in total. The molecule has 0 unspecified atom stereocenters. The number of rotatable bonds is 8. The third-order valence-electron chi connectivity index (χ3n) is 3.85. The first-order valence-corrected chi connectivity index (χ1v) is 8.64. The molecule has 29 heavy (non-hydrogen) atoms. The third-order valence-corrected chi connectivity index (χ3v) is 3.85. The number of aromatic nitrogens is 2. The Kier molecular flexibility index (Phi) is 6.31. The second-order valence-corrected chi connectivity index (χ2v) is 5.93. The number of nitro groups is 1. The molecule has 0 radical (unpaired) electrons. The lowest BCUT2D eigenvalue weighted by molar-refractivity contribution is -0.385. The highest BCUT2D eigenvalue weighted by Crippen LogP contribution is 2.21. The van der Waals surface area contributed by atoms with E-state index in [1.165, 1.54) is 12.1 Å². The van der Waals surface area contributed by atoms with Crippen molar-refractivity contribution in [1.29, 1.82) is 0 Å². The van der Waals surface area contributed by atoms with Gasteiger partial charge >= 0.3 is 0 Å². The fraction of sp³-hybridized carbons (Fsp3) is 0.100. The van der Waals surface area contributed by atoms with Gasteiger partial charge in [0.2, 0.25) is 5.91 Å². The van der Waals surface area contributed by atoms with Gasteiger partial charge in [0.1, 0.15) is 18.2 Å². The molecule has 1 aromatic heterocycles. The van der Waals surface area contributed by atoms with E-state index >= 15 is 0 Å². The van der Waals surface area contributed by atoms with Gasteiger partial charge in [0.15, 0.2) is 0 Å². The number of hydrogen-bond acceptors (Lipinski definition) is 5. The number of amides is 1. The van der Waals surface area contributed by atoms with Gasteiger partial charge in [0.25, 0.3) is 5.69 Å². The number of ether oxygens (including phenoxy) is 1. The third kappa shape index (κ3) is 5.73. The molecule has 9 heteroatoms. The first-order valence-electron chi connectivity index (χ1n) is 8.64. The molecule has 1 amide bonds. The summed E-state index contributed by atoms with van der Waals surface area (Å²) in [5, 5.41) is 17.7. The number of benzene rings is 2. The molecule has 2 aromatic carbocycles. The van der Waals surface area contributed by atoms with Gasteiger partial charge in [-0.25, -0.2) is 4.39 Å². The van der Waals surface area contributed by atoms with Crippen LogP contribution in [0.3, 0.4) is 0 Å². The van der Waals surface area contributed by atoms with Crippen LogP contribution >= 0.6 is 0 Å². The SMILES string of the molecule is O=C(C=Cc1ccc(F)cc1[N+](=O)[O-])Nc1cccc(OCCn2cccn2)c1. The maximum Gasteiger partial charge on any atom is 0.279 e. The van der Waals surface area contributed by atoms with Crippen LogP contribution in [0.5, 0.6) is 5.75 Å². The van der Waals surface area contributed by atoms with Gasteiger partial charge in [-0.1, -0.05) is 6.07 Å². The highest BCUT2D eigenvalue weighted by Gasteiger charge is 2.13. The summed E-state index contributed by atoms with van der Waals surface area (Å²) in [6.45, 7) is 0.996. The number of carbonyl (C=O) groups excluding carboxylic acids is 1. The highest BCUT2D eigenvalue weighted by molar-refractivity contribution is 6.02. The summed E-state index contributed by atoms with van der Waals surface area (Å²) in [6.07, 6.45) is 5.92. The zero-order valence-electron chi connectivity index (χ0n) is 15.2. The molecule has 148 valence electrons. The van der Waals surface area contributed by atoms with Crippen LogP contribution in [0.4, 0.5) is 15.8 Å². The Balaban J connectivity index is 1.59. The lowest BCUT2D eigenvalue weighted by atomic mass is 10.1. The second-order valence-electron chi connectivity index (χ2n) is 5.93. The second kappa shape index (κ2) is 9.27. The minimum absolute atomic E-state index is 0.127. The molecule has 0 saturated heterocycles. The molecule has 0 aliphatic heterocycles. The van der Waals surface area contributed by atoms with Crippen LogP contribution in [-0.2, 0) is 11.3 Å². The zero-order chi connectivity index (χ0) is 20.6. The predicted octanol–water partition coefficient (Wildman–Crippen LogP) is 3.66. The van der Waals surface area contributed by atoms with Gasteiger partial charge in [-0.05, 0) is 36.4 Å². The van der Waals surface area contributed by atoms with Crippen molar-refractivity contribution in [1.82, 2.24) is 9.78 Å². The van der Waals surface area contributed by atoms with E-state index in [0.29, 0.717) is 24.6 Å². The van der Waals surface area contributed by atoms with Crippen LogP contribution in [0.25, 0.3) is 6.08 Å². The normalized spacial score (nSPS) is 10.8. The van der Waals surface area contributed by atoms with E-state index in [2.05, 4.69) is 10.4 Å². The molecule has 0 saturated carbocycles. The maximum atomic E-state index is 13.2. The van der Waals surface area contributed by atoms with Crippen molar-refractivity contribution in [2.24, 2.45) is 0 Å². The Labute approximate surface area is 165 Å². The van der Waals surface area contributed by atoms with E-state index in [9.17, 15) is 19.3 Å². The number of nitrogens with zero attached hydrogens (tertiary/aromatic N) is 3. The van der Waals surface area contributed by atoms with E-state index in [0.717, 1.165) is 18.2 Å². The van der Waals surface area contributed by atoms with Crippen molar-refractivity contribution in [2.45, 2.75) is 6.54 Å². The fourth-order valence-electron chi connectivity index (χ4n) is 2.52. The van der Waals surface area contributed by atoms with Crippen molar-refractivity contribution >= 4 is 23.4 Å². The largest absolute Gasteiger partial charge is 0.492 e. The number of anilines is 1. The van der Waals surface area contributed by atoms with E-state index < -0.39 is 22.3 Å². The van der Waals surface area contributed by atoms with Gasteiger partial charge in [-0.3, -0.25) is 19.6 Å². The van der Waals surface area contributed by atoms with Crippen molar-refractivity contribution in [3.05, 3.63) is 88.5 Å². The van der Waals surface area contributed by atoms with Gasteiger partial charge in [0.05, 0.1) is 23.1 Å². The molecular weight excluding hydrogens is 379 g/mol. The van der Waals surface area contributed by atoms with Crippen molar-refractivity contribution < 1.29 is 18.8 Å². The smallest absolute Gasteiger partial charge is 0.279 e. The summed E-state index contributed by atoms with van der Waals surface area (Å²) in [7, 11) is 0. The Bertz CT molecular complexity index is 1030. The van der Waals surface area contributed by atoms with Crippen LogP contribution in [0.1, 0.15) is 5.56 Å². The van der Waals surface area contributed by atoms with E-state index in [1.807, 2.05) is 12.3 Å². The van der Waals surface area contributed by atoms with E-state index in [1.54, 1.807) is 35.1 Å². The van der Waals surface area contributed by atoms with Crippen LogP contribution < -0.4 is 10.1 Å². The van der Waals surface area contributed by atoms with Gasteiger partial charge in [0, 0.05) is 30.2 Å². The molecule has 0 aliphatic carbocycles. The van der Waals surface area contributed by atoms with Crippen LogP contribution in [-0.4, -0.2) is 27.2 Å².